The van der Waals surface area contributed by atoms with Gasteiger partial charge in [-0.25, -0.2) is 0 Å². The van der Waals surface area contributed by atoms with Crippen LogP contribution in [0.1, 0.15) is 77.0 Å². The van der Waals surface area contributed by atoms with Crippen molar-refractivity contribution in [2.75, 3.05) is 0 Å². The highest BCUT2D eigenvalue weighted by atomic mass is 14.4. The first-order valence-corrected chi connectivity index (χ1v) is 7.95. The maximum absolute atomic E-state index is 1.59. The average Bonchev–Trinajstić information content (AvgIpc) is 2.62. The highest BCUT2D eigenvalue weighted by Crippen LogP contribution is 2.48. The molecule has 0 aliphatic heterocycles. The number of hydrogen-bond acceptors (Lipinski definition) is 0. The number of fused-ring (bicyclic) bond motifs is 3. The predicted octanol–water partition coefficient (Wildman–Crippen LogP) is 5.17. The molecule has 3 aliphatic carbocycles. The molecule has 0 bridgehead atoms. The second kappa shape index (κ2) is 5.10. The van der Waals surface area contributed by atoms with Crippen LogP contribution < -0.4 is 0 Å². The zero-order chi connectivity index (χ0) is 10.8. The van der Waals surface area contributed by atoms with E-state index in [0.29, 0.717) is 0 Å². The summed E-state index contributed by atoms with van der Waals surface area (Å²) in [5.74, 6) is 4.58. The molecule has 3 fully saturated rings. The van der Waals surface area contributed by atoms with E-state index in [0.717, 1.165) is 23.7 Å². The third kappa shape index (κ3) is 2.17. The van der Waals surface area contributed by atoms with E-state index in [-0.39, 0.29) is 0 Å². The Bertz CT molecular complexity index is 220. The summed E-state index contributed by atoms with van der Waals surface area (Å²) in [5.41, 5.74) is 0. The molecule has 92 valence electrons. The number of hydrogen-bond donors (Lipinski definition) is 0. The van der Waals surface area contributed by atoms with E-state index >= 15 is 0 Å². The van der Waals surface area contributed by atoms with Gasteiger partial charge in [-0.15, -0.1) is 0 Å². The van der Waals surface area contributed by atoms with E-state index in [4.69, 9.17) is 0 Å². The summed E-state index contributed by atoms with van der Waals surface area (Å²) in [4.78, 5) is 0. The summed E-state index contributed by atoms with van der Waals surface area (Å²) in [5, 5.41) is 0. The van der Waals surface area contributed by atoms with E-state index in [2.05, 4.69) is 0 Å². The second-order valence-electron chi connectivity index (χ2n) is 6.70. The fourth-order valence-corrected chi connectivity index (χ4v) is 5.14. The molecule has 4 unspecified atom stereocenters. The first kappa shape index (κ1) is 11.1. The van der Waals surface area contributed by atoms with Crippen LogP contribution in [0.5, 0.6) is 0 Å². The van der Waals surface area contributed by atoms with Crippen LogP contribution >= 0.6 is 0 Å². The van der Waals surface area contributed by atoms with Crippen molar-refractivity contribution >= 4 is 0 Å². The van der Waals surface area contributed by atoms with Crippen molar-refractivity contribution < 1.29 is 0 Å². The van der Waals surface area contributed by atoms with Gasteiger partial charge < -0.3 is 0 Å². The summed E-state index contributed by atoms with van der Waals surface area (Å²) < 4.78 is 0. The van der Waals surface area contributed by atoms with E-state index in [1.807, 2.05) is 0 Å². The van der Waals surface area contributed by atoms with Gasteiger partial charge in [-0.3, -0.25) is 0 Å². The van der Waals surface area contributed by atoms with Gasteiger partial charge in [-0.05, 0) is 36.5 Å². The van der Waals surface area contributed by atoms with Gasteiger partial charge in [-0.2, -0.15) is 0 Å². The summed E-state index contributed by atoms with van der Waals surface area (Å²) in [6.45, 7) is 0. The standard InChI is InChI=1S/C16H28/c1-2-7-13-9-6-10-14-8-4-5-12-16(14)15(13)11-3-1/h13-16H,1-12H2. The van der Waals surface area contributed by atoms with E-state index in [1.165, 1.54) is 6.42 Å². The Morgan fingerprint density at radius 1 is 0.375 bits per heavy atom. The molecule has 0 saturated heterocycles. The molecule has 0 amide bonds. The molecule has 3 saturated carbocycles. The average molecular weight is 220 g/mol. The Labute approximate surface area is 101 Å². The van der Waals surface area contributed by atoms with Crippen molar-refractivity contribution in [2.24, 2.45) is 23.7 Å². The van der Waals surface area contributed by atoms with Crippen molar-refractivity contribution in [2.45, 2.75) is 77.0 Å². The number of rotatable bonds is 0. The molecular weight excluding hydrogens is 192 g/mol. The lowest BCUT2D eigenvalue weighted by Crippen LogP contribution is -2.29. The minimum absolute atomic E-state index is 1.13. The quantitative estimate of drug-likeness (QED) is 0.528. The Kier molecular flexibility index (Phi) is 3.54. The molecule has 0 nitrogen and oxygen atoms in total. The van der Waals surface area contributed by atoms with Crippen molar-refractivity contribution in [3.63, 3.8) is 0 Å². The van der Waals surface area contributed by atoms with Crippen LogP contribution in [-0.2, 0) is 0 Å². The third-order valence-corrected chi connectivity index (χ3v) is 5.89. The zero-order valence-corrected chi connectivity index (χ0v) is 10.8. The first-order chi connectivity index (χ1) is 7.95. The molecule has 0 heteroatoms. The van der Waals surface area contributed by atoms with Crippen LogP contribution in [0.2, 0.25) is 0 Å². The normalized spacial score (nSPS) is 45.0. The molecule has 0 heterocycles. The van der Waals surface area contributed by atoms with Crippen LogP contribution in [0, 0.1) is 23.7 Å². The van der Waals surface area contributed by atoms with Crippen LogP contribution in [0.4, 0.5) is 0 Å². The molecule has 0 aromatic carbocycles. The topological polar surface area (TPSA) is 0 Å². The minimum Gasteiger partial charge on any atom is -0.0533 e. The Morgan fingerprint density at radius 2 is 0.812 bits per heavy atom. The molecule has 0 radical (unpaired) electrons. The summed E-state index contributed by atoms with van der Waals surface area (Å²) in [6.07, 6.45) is 18.8. The van der Waals surface area contributed by atoms with Crippen molar-refractivity contribution in [1.82, 2.24) is 0 Å². The van der Waals surface area contributed by atoms with Gasteiger partial charge in [0.05, 0.1) is 0 Å². The third-order valence-electron chi connectivity index (χ3n) is 5.89. The first-order valence-electron chi connectivity index (χ1n) is 7.95. The fourth-order valence-electron chi connectivity index (χ4n) is 5.14. The van der Waals surface area contributed by atoms with E-state index < -0.39 is 0 Å². The van der Waals surface area contributed by atoms with Crippen molar-refractivity contribution in [1.29, 1.82) is 0 Å². The van der Waals surface area contributed by atoms with Gasteiger partial charge in [-0.1, -0.05) is 64.2 Å². The summed E-state index contributed by atoms with van der Waals surface area (Å²) >= 11 is 0. The maximum Gasteiger partial charge on any atom is -0.0355 e. The van der Waals surface area contributed by atoms with E-state index in [9.17, 15) is 0 Å². The highest BCUT2D eigenvalue weighted by Gasteiger charge is 2.38. The molecule has 0 aromatic heterocycles. The van der Waals surface area contributed by atoms with Crippen molar-refractivity contribution in [3.05, 3.63) is 0 Å². The van der Waals surface area contributed by atoms with Crippen LogP contribution in [0.15, 0.2) is 0 Å². The van der Waals surface area contributed by atoms with Crippen LogP contribution in [0.3, 0.4) is 0 Å². The van der Waals surface area contributed by atoms with Gasteiger partial charge >= 0.3 is 0 Å². The highest BCUT2D eigenvalue weighted by molar-refractivity contribution is 4.88. The molecule has 0 spiro atoms. The van der Waals surface area contributed by atoms with Gasteiger partial charge in [0, 0.05) is 0 Å². The summed E-state index contributed by atoms with van der Waals surface area (Å²) in [7, 11) is 0. The molecule has 3 aliphatic rings. The molecule has 0 aromatic rings. The lowest BCUT2D eigenvalue weighted by Gasteiger charge is -2.38. The minimum atomic E-state index is 1.13. The molecule has 4 atom stereocenters. The van der Waals surface area contributed by atoms with Gasteiger partial charge in [0.2, 0.25) is 0 Å². The van der Waals surface area contributed by atoms with E-state index in [1.54, 1.807) is 70.6 Å². The largest absolute Gasteiger partial charge is 0.0533 e. The Hall–Kier alpha value is 0. The zero-order valence-electron chi connectivity index (χ0n) is 10.8. The molecule has 3 rings (SSSR count). The molecule has 16 heavy (non-hydrogen) atoms. The maximum atomic E-state index is 1.59. The smallest absolute Gasteiger partial charge is 0.0355 e. The second-order valence-corrected chi connectivity index (χ2v) is 6.70. The Morgan fingerprint density at radius 3 is 1.50 bits per heavy atom. The van der Waals surface area contributed by atoms with Gasteiger partial charge in [0.25, 0.3) is 0 Å². The van der Waals surface area contributed by atoms with Crippen LogP contribution in [0.25, 0.3) is 0 Å². The van der Waals surface area contributed by atoms with Crippen LogP contribution in [-0.4, -0.2) is 0 Å². The lowest BCUT2D eigenvalue weighted by molar-refractivity contribution is 0.124. The van der Waals surface area contributed by atoms with Crippen molar-refractivity contribution in [3.8, 4) is 0 Å². The lowest BCUT2D eigenvalue weighted by atomic mass is 9.68. The SMILES string of the molecule is C1CCC2CCCC3CCCCC3C2CC1. The molecule has 0 N–H and O–H groups in total. The molecular formula is C16H28. The van der Waals surface area contributed by atoms with Gasteiger partial charge in [0.15, 0.2) is 0 Å². The monoisotopic (exact) mass is 220 g/mol. The Balaban J connectivity index is 1.77. The summed E-state index contributed by atoms with van der Waals surface area (Å²) in [6, 6.07) is 0. The van der Waals surface area contributed by atoms with Gasteiger partial charge in [0.1, 0.15) is 0 Å². The predicted molar refractivity (Wildman–Crippen MR) is 69.4 cm³/mol. The fraction of sp³-hybridized carbons (Fsp3) is 1.00.